The van der Waals surface area contributed by atoms with Gasteiger partial charge in [-0.3, -0.25) is 0 Å². The van der Waals surface area contributed by atoms with Crippen LogP contribution in [0.5, 0.6) is 0 Å². The van der Waals surface area contributed by atoms with Gasteiger partial charge in [-0.05, 0) is 29.4 Å². The number of rotatable bonds is 2. The molecule has 0 amide bonds. The van der Waals surface area contributed by atoms with Gasteiger partial charge in [-0.25, -0.2) is 9.50 Å². The van der Waals surface area contributed by atoms with Crippen LogP contribution in [0.15, 0.2) is 48.9 Å². The van der Waals surface area contributed by atoms with Crippen LogP contribution in [0.1, 0.15) is 25.3 Å². The van der Waals surface area contributed by atoms with Gasteiger partial charge in [-0.2, -0.15) is 5.10 Å². The van der Waals surface area contributed by atoms with Crippen molar-refractivity contribution in [1.29, 1.82) is 0 Å². The van der Waals surface area contributed by atoms with Gasteiger partial charge in [0.1, 0.15) is 0 Å². The first-order chi connectivity index (χ1) is 9.24. The SMILES string of the molecule is CC1(c2ccc(-c3cnc4ccnn4c3)cc2)CC1. The van der Waals surface area contributed by atoms with Crippen LogP contribution in [-0.2, 0) is 5.41 Å². The summed E-state index contributed by atoms with van der Waals surface area (Å²) in [5.74, 6) is 0. The Morgan fingerprint density at radius 2 is 1.84 bits per heavy atom. The summed E-state index contributed by atoms with van der Waals surface area (Å²) < 4.78 is 1.81. The van der Waals surface area contributed by atoms with Crippen molar-refractivity contribution in [1.82, 2.24) is 14.6 Å². The van der Waals surface area contributed by atoms with Crippen molar-refractivity contribution >= 4 is 5.65 Å². The number of nitrogens with zero attached hydrogens (tertiary/aromatic N) is 3. The Hall–Kier alpha value is -2.16. The zero-order valence-electron chi connectivity index (χ0n) is 10.9. The predicted octanol–water partition coefficient (Wildman–Crippen LogP) is 3.45. The second-order valence-corrected chi connectivity index (χ2v) is 5.61. The zero-order valence-corrected chi connectivity index (χ0v) is 10.9. The highest BCUT2D eigenvalue weighted by molar-refractivity contribution is 5.63. The first kappa shape index (κ1) is 10.7. The van der Waals surface area contributed by atoms with Gasteiger partial charge in [0.25, 0.3) is 0 Å². The smallest absolute Gasteiger partial charge is 0.154 e. The third kappa shape index (κ3) is 1.73. The summed E-state index contributed by atoms with van der Waals surface area (Å²) in [6, 6.07) is 10.8. The average molecular weight is 249 g/mol. The minimum atomic E-state index is 0.433. The number of fused-ring (bicyclic) bond motifs is 1. The van der Waals surface area contributed by atoms with Gasteiger partial charge in [0.15, 0.2) is 5.65 Å². The largest absolute Gasteiger partial charge is 0.236 e. The summed E-state index contributed by atoms with van der Waals surface area (Å²) in [5, 5.41) is 4.23. The van der Waals surface area contributed by atoms with Crippen molar-refractivity contribution in [3.8, 4) is 11.1 Å². The summed E-state index contributed by atoms with van der Waals surface area (Å²) in [7, 11) is 0. The molecule has 0 N–H and O–H groups in total. The highest BCUT2D eigenvalue weighted by Gasteiger charge is 2.38. The molecule has 0 atom stereocenters. The molecule has 0 aliphatic heterocycles. The third-order valence-electron chi connectivity index (χ3n) is 4.16. The summed E-state index contributed by atoms with van der Waals surface area (Å²) in [5.41, 5.74) is 5.06. The Morgan fingerprint density at radius 1 is 1.05 bits per heavy atom. The lowest BCUT2D eigenvalue weighted by atomic mass is 9.96. The lowest BCUT2D eigenvalue weighted by molar-refractivity contribution is 0.788. The van der Waals surface area contributed by atoms with E-state index in [0.717, 1.165) is 11.2 Å². The first-order valence-electron chi connectivity index (χ1n) is 6.65. The minimum Gasteiger partial charge on any atom is -0.236 e. The van der Waals surface area contributed by atoms with Gasteiger partial charge in [0.05, 0.1) is 6.20 Å². The van der Waals surface area contributed by atoms with Crippen LogP contribution in [-0.4, -0.2) is 14.6 Å². The van der Waals surface area contributed by atoms with Crippen molar-refractivity contribution in [3.05, 3.63) is 54.5 Å². The maximum absolute atomic E-state index is 4.40. The van der Waals surface area contributed by atoms with Gasteiger partial charge < -0.3 is 0 Å². The summed E-state index contributed by atoms with van der Waals surface area (Å²) >= 11 is 0. The summed E-state index contributed by atoms with van der Waals surface area (Å²) in [4.78, 5) is 4.40. The van der Waals surface area contributed by atoms with Gasteiger partial charge >= 0.3 is 0 Å². The monoisotopic (exact) mass is 249 g/mol. The standard InChI is InChI=1S/C16H15N3/c1-16(7-8-16)14-4-2-12(3-5-14)13-10-17-15-6-9-18-19(15)11-13/h2-6,9-11H,7-8H2,1H3. The fourth-order valence-electron chi connectivity index (χ4n) is 2.50. The molecule has 1 aromatic carbocycles. The van der Waals surface area contributed by atoms with Crippen LogP contribution < -0.4 is 0 Å². The molecule has 3 nitrogen and oxygen atoms in total. The highest BCUT2D eigenvalue weighted by Crippen LogP contribution is 2.47. The van der Waals surface area contributed by atoms with Crippen LogP contribution in [0.4, 0.5) is 0 Å². The van der Waals surface area contributed by atoms with E-state index in [0.29, 0.717) is 5.41 Å². The van der Waals surface area contributed by atoms with Crippen LogP contribution >= 0.6 is 0 Å². The van der Waals surface area contributed by atoms with E-state index in [2.05, 4.69) is 41.3 Å². The number of aromatic nitrogens is 3. The Kier molecular flexibility index (Phi) is 2.07. The van der Waals surface area contributed by atoms with E-state index in [9.17, 15) is 0 Å². The van der Waals surface area contributed by atoms with E-state index in [4.69, 9.17) is 0 Å². The van der Waals surface area contributed by atoms with E-state index in [1.807, 2.05) is 23.0 Å². The van der Waals surface area contributed by atoms with Crippen molar-refractivity contribution in [3.63, 3.8) is 0 Å². The van der Waals surface area contributed by atoms with Gasteiger partial charge in [0, 0.05) is 24.0 Å². The zero-order chi connectivity index (χ0) is 12.9. The molecule has 1 saturated carbocycles. The van der Waals surface area contributed by atoms with E-state index in [1.54, 1.807) is 6.20 Å². The number of benzene rings is 1. The molecule has 2 heterocycles. The summed E-state index contributed by atoms with van der Waals surface area (Å²) in [6.07, 6.45) is 8.32. The van der Waals surface area contributed by atoms with Gasteiger partial charge in [-0.1, -0.05) is 31.2 Å². The molecule has 3 aromatic rings. The lowest BCUT2D eigenvalue weighted by Gasteiger charge is -2.09. The summed E-state index contributed by atoms with van der Waals surface area (Å²) in [6.45, 7) is 2.33. The van der Waals surface area contributed by atoms with Crippen LogP contribution in [0.25, 0.3) is 16.8 Å². The molecule has 3 heteroatoms. The molecule has 0 saturated heterocycles. The Balaban J connectivity index is 1.74. The number of hydrogen-bond donors (Lipinski definition) is 0. The highest BCUT2D eigenvalue weighted by atomic mass is 15.2. The van der Waals surface area contributed by atoms with Crippen LogP contribution in [0.3, 0.4) is 0 Å². The molecule has 0 spiro atoms. The van der Waals surface area contributed by atoms with E-state index in [1.165, 1.54) is 24.0 Å². The van der Waals surface area contributed by atoms with Crippen molar-refractivity contribution in [2.24, 2.45) is 0 Å². The van der Waals surface area contributed by atoms with E-state index < -0.39 is 0 Å². The van der Waals surface area contributed by atoms with Gasteiger partial charge in [-0.15, -0.1) is 0 Å². The fourth-order valence-corrected chi connectivity index (χ4v) is 2.50. The Labute approximate surface area is 111 Å². The Bertz CT molecular complexity index is 736. The average Bonchev–Trinajstić information content (AvgIpc) is 3.03. The van der Waals surface area contributed by atoms with Crippen molar-refractivity contribution in [2.75, 3.05) is 0 Å². The van der Waals surface area contributed by atoms with Crippen LogP contribution in [0, 0.1) is 0 Å². The molecule has 2 aromatic heterocycles. The molecule has 0 unspecified atom stereocenters. The molecule has 0 bridgehead atoms. The fraction of sp³-hybridized carbons (Fsp3) is 0.250. The first-order valence-corrected chi connectivity index (χ1v) is 6.65. The lowest BCUT2D eigenvalue weighted by Crippen LogP contribution is -1.98. The molecule has 0 radical (unpaired) electrons. The molecule has 1 fully saturated rings. The van der Waals surface area contributed by atoms with Crippen molar-refractivity contribution < 1.29 is 0 Å². The molecule has 1 aliphatic carbocycles. The molecule has 4 rings (SSSR count). The normalized spacial score (nSPS) is 16.7. The molecule has 1 aliphatic rings. The molecular formula is C16H15N3. The predicted molar refractivity (Wildman–Crippen MR) is 75.0 cm³/mol. The second-order valence-electron chi connectivity index (χ2n) is 5.61. The maximum atomic E-state index is 4.40. The van der Waals surface area contributed by atoms with Crippen molar-refractivity contribution in [2.45, 2.75) is 25.2 Å². The quantitative estimate of drug-likeness (QED) is 0.696. The number of hydrogen-bond acceptors (Lipinski definition) is 2. The third-order valence-corrected chi connectivity index (χ3v) is 4.16. The molecule has 94 valence electrons. The minimum absolute atomic E-state index is 0.433. The molecule has 19 heavy (non-hydrogen) atoms. The molecular weight excluding hydrogens is 234 g/mol. The topological polar surface area (TPSA) is 30.2 Å². The van der Waals surface area contributed by atoms with Crippen LogP contribution in [0.2, 0.25) is 0 Å². The maximum Gasteiger partial charge on any atom is 0.154 e. The second kappa shape index (κ2) is 3.67. The Morgan fingerprint density at radius 3 is 2.58 bits per heavy atom. The van der Waals surface area contributed by atoms with Gasteiger partial charge in [0.2, 0.25) is 0 Å². The van der Waals surface area contributed by atoms with E-state index >= 15 is 0 Å². The van der Waals surface area contributed by atoms with E-state index in [-0.39, 0.29) is 0 Å².